The summed E-state index contributed by atoms with van der Waals surface area (Å²) in [6.45, 7) is 16.8. The predicted octanol–water partition coefficient (Wildman–Crippen LogP) is 6.15. The lowest BCUT2D eigenvalue weighted by molar-refractivity contribution is -0.136. The number of benzene rings is 3. The van der Waals surface area contributed by atoms with Gasteiger partial charge in [-0.2, -0.15) is 0 Å². The maximum absolute atomic E-state index is 15.5. The van der Waals surface area contributed by atoms with Crippen LogP contribution in [-0.2, 0) is 19.9 Å². The van der Waals surface area contributed by atoms with Crippen molar-refractivity contribution in [2.24, 2.45) is 0 Å². The Bertz CT molecular complexity index is 2250. The van der Waals surface area contributed by atoms with Gasteiger partial charge in [-0.05, 0) is 87.7 Å². The number of halogens is 1. The third kappa shape index (κ3) is 6.00. The SMILES string of the molecule is [C-]#[N+]C1(c2ccc(N(CC(C)OC3CN(c4cc5c(cc4F)C(=O)N(C4CCC(=O)NC4=O)C5=O)C3)c3cc(-c4c(C)noc4C)ccc3C)cc2)CC1. The number of fused-ring (bicyclic) bond motifs is 1. The van der Waals surface area contributed by atoms with E-state index < -0.39 is 41.0 Å². The molecular weight excluding hydrogens is 691 g/mol. The minimum Gasteiger partial charge on any atom is -0.370 e. The Morgan fingerprint density at radius 2 is 1.74 bits per heavy atom. The highest BCUT2D eigenvalue weighted by atomic mass is 19.1. The molecule has 54 heavy (non-hydrogen) atoms. The van der Waals surface area contributed by atoms with Crippen molar-refractivity contribution in [1.82, 2.24) is 15.4 Å². The molecule has 0 bridgehead atoms. The van der Waals surface area contributed by atoms with Crippen LogP contribution in [0.15, 0.2) is 59.1 Å². The van der Waals surface area contributed by atoms with Gasteiger partial charge in [0.25, 0.3) is 17.4 Å². The first kappa shape index (κ1) is 35.2. The zero-order valence-electron chi connectivity index (χ0n) is 30.4. The monoisotopic (exact) mass is 730 g/mol. The van der Waals surface area contributed by atoms with E-state index in [9.17, 15) is 19.2 Å². The number of piperidine rings is 1. The number of aryl methyl sites for hydroxylation is 3. The molecule has 4 heterocycles. The van der Waals surface area contributed by atoms with Gasteiger partial charge in [-0.15, -0.1) is 0 Å². The average molecular weight is 731 g/mol. The smallest absolute Gasteiger partial charge is 0.262 e. The van der Waals surface area contributed by atoms with Crippen molar-refractivity contribution in [2.45, 2.75) is 77.2 Å². The fourth-order valence-electron chi connectivity index (χ4n) is 7.90. The first-order valence-corrected chi connectivity index (χ1v) is 18.1. The summed E-state index contributed by atoms with van der Waals surface area (Å²) in [5.41, 5.74) is 6.46. The molecular formula is C41H39FN6O6. The van der Waals surface area contributed by atoms with E-state index in [0.29, 0.717) is 19.6 Å². The summed E-state index contributed by atoms with van der Waals surface area (Å²) in [6.07, 6.45) is 1.27. The number of hydrogen-bond acceptors (Lipinski definition) is 9. The number of aromatic nitrogens is 1. The van der Waals surface area contributed by atoms with E-state index in [4.69, 9.17) is 15.8 Å². The topological polar surface area (TPSA) is 130 Å². The zero-order chi connectivity index (χ0) is 38.1. The van der Waals surface area contributed by atoms with Crippen LogP contribution in [0.2, 0.25) is 0 Å². The Hall–Kier alpha value is -5.87. The molecule has 3 aromatic carbocycles. The minimum absolute atomic E-state index is 0.000630. The van der Waals surface area contributed by atoms with Crippen LogP contribution in [0.25, 0.3) is 16.0 Å². The molecule has 4 aromatic rings. The molecule has 276 valence electrons. The van der Waals surface area contributed by atoms with Gasteiger partial charge in [0, 0.05) is 61.4 Å². The van der Waals surface area contributed by atoms with E-state index in [0.717, 1.165) is 68.9 Å². The Morgan fingerprint density at radius 1 is 1.04 bits per heavy atom. The van der Waals surface area contributed by atoms with Crippen molar-refractivity contribution in [3.05, 3.63) is 106 Å². The molecule has 1 aliphatic carbocycles. The van der Waals surface area contributed by atoms with Gasteiger partial charge in [0.05, 0.1) is 34.7 Å². The molecule has 0 radical (unpaired) electrons. The third-order valence-electron chi connectivity index (χ3n) is 11.0. The summed E-state index contributed by atoms with van der Waals surface area (Å²) in [4.78, 5) is 59.3. The number of nitrogens with one attached hydrogen (secondary N) is 1. The molecule has 0 spiro atoms. The van der Waals surface area contributed by atoms with Crippen molar-refractivity contribution in [2.75, 3.05) is 29.4 Å². The van der Waals surface area contributed by atoms with Crippen molar-refractivity contribution >= 4 is 40.7 Å². The number of imide groups is 2. The van der Waals surface area contributed by atoms with Gasteiger partial charge in [-0.25, -0.2) is 11.0 Å². The van der Waals surface area contributed by atoms with Crippen LogP contribution in [0.3, 0.4) is 0 Å². The van der Waals surface area contributed by atoms with Gasteiger partial charge in [-0.3, -0.25) is 29.4 Å². The standard InChI is InChI=1S/C41H39FN6O6/c1-22-6-7-26(37-24(3)45-54-25(37)4)16-34(22)47(28-10-8-27(9-11-28)41(43-5)14-15-41)19-23(2)53-29-20-46(21-29)35-18-31-30(17-32(35)42)39(51)48(40(31)52)33-12-13-36(49)44-38(33)50/h6-11,16-18,23,29,33H,12-15,19-21H2,1-4H3,(H,44,49,50). The Kier molecular flexibility index (Phi) is 8.61. The largest absolute Gasteiger partial charge is 0.370 e. The van der Waals surface area contributed by atoms with Crippen molar-refractivity contribution in [3.8, 4) is 11.1 Å². The van der Waals surface area contributed by atoms with Gasteiger partial charge in [0.2, 0.25) is 11.8 Å². The molecule has 2 unspecified atom stereocenters. The van der Waals surface area contributed by atoms with E-state index in [1.165, 1.54) is 6.07 Å². The summed E-state index contributed by atoms with van der Waals surface area (Å²) >= 11 is 0. The van der Waals surface area contributed by atoms with Gasteiger partial charge >= 0.3 is 0 Å². The van der Waals surface area contributed by atoms with Gasteiger partial charge in [-0.1, -0.05) is 17.3 Å². The van der Waals surface area contributed by atoms with Gasteiger partial charge in [0.1, 0.15) is 17.6 Å². The van der Waals surface area contributed by atoms with E-state index >= 15 is 4.39 Å². The van der Waals surface area contributed by atoms with E-state index in [-0.39, 0.29) is 41.9 Å². The summed E-state index contributed by atoms with van der Waals surface area (Å²) in [6, 6.07) is 15.8. The van der Waals surface area contributed by atoms with E-state index in [2.05, 4.69) is 57.5 Å². The van der Waals surface area contributed by atoms with Crippen molar-refractivity contribution < 1.29 is 32.8 Å². The number of nitrogens with zero attached hydrogens (tertiary/aromatic N) is 5. The summed E-state index contributed by atoms with van der Waals surface area (Å²) in [5, 5.41) is 6.33. The Labute approximate surface area is 311 Å². The molecule has 2 atom stereocenters. The van der Waals surface area contributed by atoms with Crippen LogP contribution < -0.4 is 15.1 Å². The van der Waals surface area contributed by atoms with Crippen molar-refractivity contribution in [3.63, 3.8) is 0 Å². The number of carbonyl (C=O) groups is 4. The highest BCUT2D eigenvalue weighted by Crippen LogP contribution is 2.50. The molecule has 12 nitrogen and oxygen atoms in total. The Balaban J connectivity index is 0.992. The molecule has 3 fully saturated rings. The van der Waals surface area contributed by atoms with E-state index in [1.54, 1.807) is 4.90 Å². The van der Waals surface area contributed by atoms with Crippen LogP contribution in [0.1, 0.15) is 75.9 Å². The number of hydrogen-bond donors (Lipinski definition) is 1. The number of rotatable bonds is 10. The highest BCUT2D eigenvalue weighted by molar-refractivity contribution is 6.23. The maximum Gasteiger partial charge on any atom is 0.262 e. The lowest BCUT2D eigenvalue weighted by atomic mass is 10.00. The molecule has 1 N–H and O–H groups in total. The zero-order valence-corrected chi connectivity index (χ0v) is 30.4. The summed E-state index contributed by atoms with van der Waals surface area (Å²) < 4.78 is 27.5. The third-order valence-corrected chi connectivity index (χ3v) is 11.0. The minimum atomic E-state index is -1.13. The second kappa shape index (κ2) is 13.2. The fraction of sp³-hybridized carbons (Fsp3) is 0.366. The number of carbonyl (C=O) groups excluding carboxylic acids is 4. The predicted molar refractivity (Wildman–Crippen MR) is 197 cm³/mol. The quantitative estimate of drug-likeness (QED) is 0.151. The molecule has 3 aliphatic heterocycles. The summed E-state index contributed by atoms with van der Waals surface area (Å²) in [5.74, 6) is -2.53. The number of anilines is 3. The fourth-order valence-corrected chi connectivity index (χ4v) is 7.90. The molecule has 1 saturated carbocycles. The average Bonchev–Trinajstić information content (AvgIpc) is 3.81. The van der Waals surface area contributed by atoms with Crippen LogP contribution in [0.5, 0.6) is 0 Å². The number of amides is 4. The first-order chi connectivity index (χ1) is 25.9. The summed E-state index contributed by atoms with van der Waals surface area (Å²) in [7, 11) is 0. The van der Waals surface area contributed by atoms with Gasteiger partial charge < -0.3 is 23.9 Å². The van der Waals surface area contributed by atoms with Crippen LogP contribution >= 0.6 is 0 Å². The molecule has 4 aliphatic rings. The maximum atomic E-state index is 15.5. The first-order valence-electron chi connectivity index (χ1n) is 18.1. The highest BCUT2D eigenvalue weighted by Gasteiger charge is 2.52. The molecule has 2 saturated heterocycles. The molecule has 8 rings (SSSR count). The second-order valence-electron chi connectivity index (χ2n) is 14.8. The lowest BCUT2D eigenvalue weighted by Crippen LogP contribution is -2.54. The van der Waals surface area contributed by atoms with Crippen molar-refractivity contribution in [1.29, 1.82) is 0 Å². The van der Waals surface area contributed by atoms with Gasteiger partial charge in [0.15, 0.2) is 0 Å². The second-order valence-corrected chi connectivity index (χ2v) is 14.8. The molecule has 1 aromatic heterocycles. The molecule has 4 amide bonds. The van der Waals surface area contributed by atoms with Crippen LogP contribution in [0, 0.1) is 33.2 Å². The number of ether oxygens (including phenoxy) is 1. The van der Waals surface area contributed by atoms with Crippen LogP contribution in [-0.4, -0.2) is 71.6 Å². The lowest BCUT2D eigenvalue weighted by Gasteiger charge is -2.42. The Morgan fingerprint density at radius 3 is 2.37 bits per heavy atom. The molecule has 13 heteroatoms. The normalized spacial score (nSPS) is 19.7. The van der Waals surface area contributed by atoms with E-state index in [1.807, 2.05) is 32.9 Å². The van der Waals surface area contributed by atoms with Crippen LogP contribution in [0.4, 0.5) is 21.5 Å².